The Bertz CT molecular complexity index is 517. The minimum absolute atomic E-state index is 0.0873. The molecule has 18 heavy (non-hydrogen) atoms. The van der Waals surface area contributed by atoms with Gasteiger partial charge in [0.25, 0.3) is 5.91 Å². The van der Waals surface area contributed by atoms with E-state index in [2.05, 4.69) is 9.89 Å². The maximum atomic E-state index is 12.0. The molecule has 1 aromatic rings. The van der Waals surface area contributed by atoms with E-state index in [0.717, 1.165) is 42.9 Å². The number of carbonyl (C=O) groups is 1. The second kappa shape index (κ2) is 4.77. The van der Waals surface area contributed by atoms with E-state index in [9.17, 15) is 4.79 Å². The molecule has 0 N–H and O–H groups in total. The first-order valence-corrected chi connectivity index (χ1v) is 6.51. The number of rotatable bonds is 1. The average Bonchev–Trinajstić information content (AvgIpc) is 2.56. The van der Waals surface area contributed by atoms with E-state index in [1.54, 1.807) is 0 Å². The monoisotopic (exact) mass is 240 g/mol. The van der Waals surface area contributed by atoms with Crippen LogP contribution in [0.2, 0.25) is 0 Å². The molecule has 3 heteroatoms. The van der Waals surface area contributed by atoms with Gasteiger partial charge < -0.3 is 4.90 Å². The smallest absolute Gasteiger partial charge is 0.295 e. The van der Waals surface area contributed by atoms with Crippen molar-refractivity contribution in [1.82, 2.24) is 4.90 Å². The van der Waals surface area contributed by atoms with Crippen LogP contribution in [0.4, 0.5) is 0 Å². The van der Waals surface area contributed by atoms with Crippen LogP contribution in [0.3, 0.4) is 0 Å². The molecule has 92 valence electrons. The number of benzene rings is 1. The molecule has 0 aliphatic carbocycles. The fourth-order valence-electron chi connectivity index (χ4n) is 2.51. The third-order valence-corrected chi connectivity index (χ3v) is 3.44. The number of amides is 1. The molecule has 1 amide bonds. The Kier molecular flexibility index (Phi) is 2.97. The summed E-state index contributed by atoms with van der Waals surface area (Å²) in [5.41, 5.74) is 1.79. The average molecular weight is 240 g/mol. The molecule has 1 aromatic carbocycles. The first kappa shape index (κ1) is 11.2. The minimum atomic E-state index is -0.0873. The van der Waals surface area contributed by atoms with Crippen molar-refractivity contribution in [2.24, 2.45) is 4.99 Å². The van der Waals surface area contributed by atoms with Crippen molar-refractivity contribution in [3.8, 4) is 0 Å². The number of aliphatic imine (C=N–C) groups is 1. The number of fused-ring (bicyclic) bond motifs is 1. The molecule has 3 nitrogen and oxygen atoms in total. The Balaban J connectivity index is 1.93. The largest absolute Gasteiger partial charge is 0.325 e. The molecule has 1 fully saturated rings. The van der Waals surface area contributed by atoms with Gasteiger partial charge >= 0.3 is 0 Å². The van der Waals surface area contributed by atoms with Gasteiger partial charge in [-0.1, -0.05) is 36.8 Å². The number of amidine groups is 1. The molecule has 2 aliphatic rings. The summed E-state index contributed by atoms with van der Waals surface area (Å²) in [5.74, 6) is 0.871. The lowest BCUT2D eigenvalue weighted by atomic mass is 10.2. The summed E-state index contributed by atoms with van der Waals surface area (Å²) in [6.45, 7) is 0.920. The van der Waals surface area contributed by atoms with E-state index >= 15 is 0 Å². The van der Waals surface area contributed by atoms with Gasteiger partial charge in [-0.15, -0.1) is 0 Å². The lowest BCUT2D eigenvalue weighted by Crippen LogP contribution is -2.26. The van der Waals surface area contributed by atoms with Crippen LogP contribution in [0.15, 0.2) is 41.0 Å². The molecule has 0 atom stereocenters. The maximum absolute atomic E-state index is 12.0. The lowest BCUT2D eigenvalue weighted by molar-refractivity contribution is -0.114. The number of hydrogen-bond acceptors (Lipinski definition) is 2. The molecular formula is C15H16N2O. The highest BCUT2D eigenvalue weighted by Gasteiger charge is 2.29. The Morgan fingerprint density at radius 2 is 1.94 bits per heavy atom. The summed E-state index contributed by atoms with van der Waals surface area (Å²) in [4.78, 5) is 18.2. The fourth-order valence-corrected chi connectivity index (χ4v) is 2.51. The fraction of sp³-hybridized carbons (Fsp3) is 0.333. The van der Waals surface area contributed by atoms with Crippen LogP contribution >= 0.6 is 0 Å². The molecule has 3 rings (SSSR count). The molecule has 0 aromatic heterocycles. The van der Waals surface area contributed by atoms with Crippen molar-refractivity contribution in [1.29, 1.82) is 0 Å². The number of carbonyl (C=O) groups excluding carboxylic acids is 1. The number of hydrogen-bond donors (Lipinski definition) is 0. The summed E-state index contributed by atoms with van der Waals surface area (Å²) < 4.78 is 0. The highest BCUT2D eigenvalue weighted by atomic mass is 16.2. The summed E-state index contributed by atoms with van der Waals surface area (Å²) in [6, 6.07) is 9.96. The SMILES string of the molecule is O=C1N=C2CCCCCN2C1=Cc1ccccc1. The van der Waals surface area contributed by atoms with Crippen LogP contribution in [0.25, 0.3) is 6.08 Å². The van der Waals surface area contributed by atoms with Crippen molar-refractivity contribution >= 4 is 17.8 Å². The van der Waals surface area contributed by atoms with Crippen LogP contribution in [-0.2, 0) is 4.79 Å². The highest BCUT2D eigenvalue weighted by Crippen LogP contribution is 2.25. The van der Waals surface area contributed by atoms with Gasteiger partial charge in [-0.05, 0) is 24.5 Å². The van der Waals surface area contributed by atoms with Crippen molar-refractivity contribution in [3.63, 3.8) is 0 Å². The molecule has 0 saturated carbocycles. The topological polar surface area (TPSA) is 32.7 Å². The van der Waals surface area contributed by atoms with Crippen LogP contribution < -0.4 is 0 Å². The molecule has 0 unspecified atom stereocenters. The predicted molar refractivity (Wildman–Crippen MR) is 72.0 cm³/mol. The first-order valence-electron chi connectivity index (χ1n) is 6.51. The molecule has 0 bridgehead atoms. The highest BCUT2D eigenvalue weighted by molar-refractivity contribution is 6.13. The van der Waals surface area contributed by atoms with E-state index in [1.807, 2.05) is 36.4 Å². The molecule has 2 aliphatic heterocycles. The van der Waals surface area contributed by atoms with Crippen molar-refractivity contribution < 1.29 is 4.79 Å². The summed E-state index contributed by atoms with van der Waals surface area (Å²) in [6.07, 6.45) is 6.38. The van der Waals surface area contributed by atoms with Crippen LogP contribution in [-0.4, -0.2) is 23.2 Å². The van der Waals surface area contributed by atoms with Gasteiger partial charge in [0.2, 0.25) is 0 Å². The van der Waals surface area contributed by atoms with E-state index in [1.165, 1.54) is 6.42 Å². The van der Waals surface area contributed by atoms with E-state index in [4.69, 9.17) is 0 Å². The Morgan fingerprint density at radius 3 is 2.78 bits per heavy atom. The second-order valence-electron chi connectivity index (χ2n) is 4.74. The van der Waals surface area contributed by atoms with Crippen LogP contribution in [0, 0.1) is 0 Å². The van der Waals surface area contributed by atoms with Crippen LogP contribution in [0.5, 0.6) is 0 Å². The third kappa shape index (κ3) is 2.08. The van der Waals surface area contributed by atoms with Gasteiger partial charge in [-0.3, -0.25) is 4.79 Å². The molecule has 0 radical (unpaired) electrons. The van der Waals surface area contributed by atoms with Gasteiger partial charge in [0, 0.05) is 13.0 Å². The second-order valence-corrected chi connectivity index (χ2v) is 4.74. The van der Waals surface area contributed by atoms with Gasteiger partial charge in [0.05, 0.1) is 0 Å². The standard InChI is InChI=1S/C15H16N2O/c18-15-13(11-12-7-3-1-4-8-12)17-10-6-2-5-9-14(17)16-15/h1,3-4,7-8,11H,2,5-6,9-10H2. The zero-order valence-electron chi connectivity index (χ0n) is 10.3. The zero-order valence-corrected chi connectivity index (χ0v) is 10.3. The normalized spacial score (nSPS) is 21.8. The van der Waals surface area contributed by atoms with E-state index in [-0.39, 0.29) is 5.91 Å². The molecule has 0 spiro atoms. The van der Waals surface area contributed by atoms with Crippen molar-refractivity contribution in [2.45, 2.75) is 25.7 Å². The van der Waals surface area contributed by atoms with E-state index in [0.29, 0.717) is 0 Å². The lowest BCUT2D eigenvalue weighted by Gasteiger charge is -2.18. The van der Waals surface area contributed by atoms with Crippen LogP contribution in [0.1, 0.15) is 31.2 Å². The third-order valence-electron chi connectivity index (χ3n) is 3.44. The van der Waals surface area contributed by atoms with Crippen molar-refractivity contribution in [2.75, 3.05) is 6.54 Å². The Morgan fingerprint density at radius 1 is 1.11 bits per heavy atom. The molecular weight excluding hydrogens is 224 g/mol. The zero-order chi connectivity index (χ0) is 12.4. The van der Waals surface area contributed by atoms with Gasteiger partial charge in [0.1, 0.15) is 11.5 Å². The minimum Gasteiger partial charge on any atom is -0.325 e. The number of nitrogens with zero attached hydrogens (tertiary/aromatic N) is 2. The van der Waals surface area contributed by atoms with Gasteiger partial charge in [-0.2, -0.15) is 4.99 Å². The molecule has 2 heterocycles. The summed E-state index contributed by atoms with van der Waals surface area (Å²) in [7, 11) is 0. The van der Waals surface area contributed by atoms with Gasteiger partial charge in [-0.25, -0.2) is 0 Å². The van der Waals surface area contributed by atoms with Crippen molar-refractivity contribution in [3.05, 3.63) is 41.6 Å². The Hall–Kier alpha value is -1.90. The maximum Gasteiger partial charge on any atom is 0.295 e. The van der Waals surface area contributed by atoms with Gasteiger partial charge in [0.15, 0.2) is 0 Å². The molecule has 1 saturated heterocycles. The Labute approximate surface area is 107 Å². The predicted octanol–water partition coefficient (Wildman–Crippen LogP) is 2.84. The quantitative estimate of drug-likeness (QED) is 0.707. The summed E-state index contributed by atoms with van der Waals surface area (Å²) in [5, 5.41) is 0. The van der Waals surface area contributed by atoms with E-state index < -0.39 is 0 Å². The first-order chi connectivity index (χ1) is 8.84. The summed E-state index contributed by atoms with van der Waals surface area (Å²) >= 11 is 0.